The Labute approximate surface area is 161 Å². The number of rotatable bonds is 8. The first kappa shape index (κ1) is 19.8. The summed E-state index contributed by atoms with van der Waals surface area (Å²) >= 11 is 0. The van der Waals surface area contributed by atoms with Crippen molar-refractivity contribution in [3.05, 3.63) is 29.8 Å². The van der Waals surface area contributed by atoms with Gasteiger partial charge in [0.2, 0.25) is 0 Å². The highest BCUT2D eigenvalue weighted by molar-refractivity contribution is 5.29. The van der Waals surface area contributed by atoms with Crippen LogP contribution in [-0.4, -0.2) is 6.61 Å². The first-order chi connectivity index (χ1) is 12.7. The Kier molecular flexibility index (Phi) is 7.89. The average Bonchev–Trinajstić information content (AvgIpc) is 2.68. The summed E-state index contributed by atoms with van der Waals surface area (Å²) in [5.41, 5.74) is 1.53. The largest absolute Gasteiger partial charge is 0.494 e. The first-order valence-electron chi connectivity index (χ1n) is 11.5. The molecule has 1 aromatic carbocycles. The van der Waals surface area contributed by atoms with E-state index in [1.54, 1.807) is 0 Å². The van der Waals surface area contributed by atoms with Crippen LogP contribution in [0.5, 0.6) is 5.75 Å². The van der Waals surface area contributed by atoms with Crippen LogP contribution in [0.15, 0.2) is 24.3 Å². The van der Waals surface area contributed by atoms with Crippen molar-refractivity contribution in [2.45, 2.75) is 96.8 Å². The van der Waals surface area contributed by atoms with Crippen molar-refractivity contribution in [1.82, 2.24) is 0 Å². The molecule has 0 spiro atoms. The van der Waals surface area contributed by atoms with Gasteiger partial charge in [-0.15, -0.1) is 0 Å². The molecule has 0 aromatic heterocycles. The topological polar surface area (TPSA) is 9.23 Å². The van der Waals surface area contributed by atoms with Crippen LogP contribution in [0.1, 0.15) is 102 Å². The van der Waals surface area contributed by atoms with Crippen molar-refractivity contribution >= 4 is 0 Å². The Hall–Kier alpha value is -0.980. The van der Waals surface area contributed by atoms with E-state index in [9.17, 15) is 0 Å². The van der Waals surface area contributed by atoms with E-state index in [2.05, 4.69) is 38.1 Å². The average molecular weight is 357 g/mol. The summed E-state index contributed by atoms with van der Waals surface area (Å²) < 4.78 is 6.01. The Morgan fingerprint density at radius 1 is 0.808 bits per heavy atom. The van der Waals surface area contributed by atoms with Gasteiger partial charge in [-0.25, -0.2) is 0 Å². The molecule has 0 unspecified atom stereocenters. The zero-order valence-electron chi connectivity index (χ0n) is 17.2. The van der Waals surface area contributed by atoms with Gasteiger partial charge in [0.15, 0.2) is 0 Å². The Bertz CT molecular complexity index is 489. The number of benzene rings is 1. The summed E-state index contributed by atoms with van der Waals surface area (Å²) in [5.74, 6) is 4.76. The van der Waals surface area contributed by atoms with Crippen LogP contribution < -0.4 is 4.74 Å². The van der Waals surface area contributed by atoms with Crippen LogP contribution in [0.2, 0.25) is 0 Å². The molecule has 1 nitrogen and oxygen atoms in total. The Balaban J connectivity index is 1.34. The van der Waals surface area contributed by atoms with Crippen molar-refractivity contribution in [2.75, 3.05) is 6.61 Å². The van der Waals surface area contributed by atoms with Gasteiger partial charge in [0.1, 0.15) is 5.75 Å². The van der Waals surface area contributed by atoms with Crippen molar-refractivity contribution in [1.29, 1.82) is 0 Å². The highest BCUT2D eigenvalue weighted by Crippen LogP contribution is 2.38. The molecule has 0 heterocycles. The molecule has 0 atom stereocenters. The molecule has 2 fully saturated rings. The molecule has 0 bridgehead atoms. The molecular formula is C25H40O. The second-order valence-corrected chi connectivity index (χ2v) is 9.19. The molecule has 0 aliphatic heterocycles. The monoisotopic (exact) mass is 356 g/mol. The molecule has 0 saturated heterocycles. The van der Waals surface area contributed by atoms with E-state index in [1.165, 1.54) is 82.6 Å². The smallest absolute Gasteiger partial charge is 0.119 e. The molecule has 0 amide bonds. The highest BCUT2D eigenvalue weighted by atomic mass is 16.5. The van der Waals surface area contributed by atoms with E-state index in [0.717, 1.165) is 36.0 Å². The zero-order chi connectivity index (χ0) is 18.2. The van der Waals surface area contributed by atoms with Crippen molar-refractivity contribution in [2.24, 2.45) is 17.8 Å². The predicted molar refractivity (Wildman–Crippen MR) is 112 cm³/mol. The molecule has 146 valence electrons. The second kappa shape index (κ2) is 10.4. The Morgan fingerprint density at radius 3 is 2.08 bits per heavy atom. The lowest BCUT2D eigenvalue weighted by Crippen LogP contribution is -2.13. The van der Waals surface area contributed by atoms with Gasteiger partial charge in [-0.2, -0.15) is 0 Å². The van der Waals surface area contributed by atoms with Crippen molar-refractivity contribution < 1.29 is 4.74 Å². The minimum absolute atomic E-state index is 0.783. The summed E-state index contributed by atoms with van der Waals surface area (Å²) in [6.07, 6.45) is 16.7. The number of ether oxygens (including phenoxy) is 1. The first-order valence-corrected chi connectivity index (χ1v) is 11.5. The fraction of sp³-hybridized carbons (Fsp3) is 0.760. The van der Waals surface area contributed by atoms with Gasteiger partial charge in [0, 0.05) is 0 Å². The molecule has 2 aliphatic rings. The Morgan fingerprint density at radius 2 is 1.42 bits per heavy atom. The third-order valence-electron chi connectivity index (χ3n) is 7.06. The molecule has 1 heteroatoms. The van der Waals surface area contributed by atoms with Crippen LogP contribution in [0.4, 0.5) is 0 Å². The van der Waals surface area contributed by atoms with Crippen molar-refractivity contribution in [3.63, 3.8) is 0 Å². The van der Waals surface area contributed by atoms with Gasteiger partial charge in [-0.1, -0.05) is 64.5 Å². The van der Waals surface area contributed by atoms with Crippen LogP contribution in [-0.2, 0) is 0 Å². The van der Waals surface area contributed by atoms with E-state index >= 15 is 0 Å². The molecule has 26 heavy (non-hydrogen) atoms. The van der Waals surface area contributed by atoms with E-state index < -0.39 is 0 Å². The maximum Gasteiger partial charge on any atom is 0.119 e. The predicted octanol–water partition coefficient (Wildman–Crippen LogP) is 7.75. The lowest BCUT2D eigenvalue weighted by Gasteiger charge is -2.28. The van der Waals surface area contributed by atoms with E-state index in [1.807, 2.05) is 0 Å². The maximum atomic E-state index is 6.01. The van der Waals surface area contributed by atoms with Gasteiger partial charge in [-0.05, 0) is 79.9 Å². The number of hydrogen-bond donors (Lipinski definition) is 0. The normalized spacial score (nSPS) is 29.5. The summed E-state index contributed by atoms with van der Waals surface area (Å²) in [6, 6.07) is 9.05. The van der Waals surface area contributed by atoms with Gasteiger partial charge in [0.25, 0.3) is 0 Å². The van der Waals surface area contributed by atoms with E-state index in [4.69, 9.17) is 4.74 Å². The second-order valence-electron chi connectivity index (χ2n) is 9.19. The zero-order valence-corrected chi connectivity index (χ0v) is 17.2. The third-order valence-corrected chi connectivity index (χ3v) is 7.06. The van der Waals surface area contributed by atoms with Crippen LogP contribution >= 0.6 is 0 Å². The lowest BCUT2D eigenvalue weighted by atomic mass is 9.77. The minimum atomic E-state index is 0.783. The van der Waals surface area contributed by atoms with E-state index in [-0.39, 0.29) is 0 Å². The highest BCUT2D eigenvalue weighted by Gasteiger charge is 2.21. The SMILES string of the molecule is CCCC1CCC(c2ccc(OCCCC3CCC(C)CC3)cc2)CC1. The fourth-order valence-electron chi connectivity index (χ4n) is 5.21. The molecule has 3 rings (SSSR count). The number of hydrogen-bond acceptors (Lipinski definition) is 1. The molecule has 2 saturated carbocycles. The molecular weight excluding hydrogens is 316 g/mol. The van der Waals surface area contributed by atoms with Crippen molar-refractivity contribution in [3.8, 4) is 5.75 Å². The lowest BCUT2D eigenvalue weighted by molar-refractivity contribution is 0.245. The molecule has 2 aliphatic carbocycles. The summed E-state index contributed by atoms with van der Waals surface area (Å²) in [4.78, 5) is 0. The van der Waals surface area contributed by atoms with Crippen LogP contribution in [0.3, 0.4) is 0 Å². The van der Waals surface area contributed by atoms with Gasteiger partial charge in [0.05, 0.1) is 6.61 Å². The molecule has 0 N–H and O–H groups in total. The molecule has 0 radical (unpaired) electrons. The minimum Gasteiger partial charge on any atom is -0.494 e. The third kappa shape index (κ3) is 6.03. The van der Waals surface area contributed by atoms with Gasteiger partial charge >= 0.3 is 0 Å². The summed E-state index contributed by atoms with van der Waals surface area (Å²) in [5, 5.41) is 0. The summed E-state index contributed by atoms with van der Waals surface area (Å²) in [7, 11) is 0. The standard InChI is InChI=1S/C25H40O/c1-3-5-21-11-13-23(14-12-21)24-15-17-25(18-16-24)26-19-4-6-22-9-7-20(2)8-10-22/h15-18,20-23H,3-14,19H2,1-2H3. The van der Waals surface area contributed by atoms with Gasteiger partial charge in [-0.3, -0.25) is 0 Å². The quantitative estimate of drug-likeness (QED) is 0.433. The van der Waals surface area contributed by atoms with E-state index in [0.29, 0.717) is 0 Å². The fourth-order valence-corrected chi connectivity index (χ4v) is 5.21. The van der Waals surface area contributed by atoms with Crippen LogP contribution in [0.25, 0.3) is 0 Å². The van der Waals surface area contributed by atoms with Gasteiger partial charge < -0.3 is 4.74 Å². The summed E-state index contributed by atoms with van der Waals surface area (Å²) in [6.45, 7) is 5.60. The maximum absolute atomic E-state index is 6.01. The molecule has 1 aromatic rings. The van der Waals surface area contributed by atoms with Crippen LogP contribution in [0, 0.1) is 17.8 Å².